The molecule has 0 aliphatic carbocycles. The lowest BCUT2D eigenvalue weighted by atomic mass is 10.2. The number of aryl methyl sites for hydroxylation is 2. The molecule has 0 aliphatic rings. The zero-order valence-corrected chi connectivity index (χ0v) is 17.2. The Bertz CT molecular complexity index is 1130. The SMILES string of the molecule is COc1ccc(C)cc1NC(=O)C(C)OC(=O)c1ccc(-n2c(C)c[nH]c2=O)cc1. The molecule has 0 saturated heterocycles. The number of nitrogens with zero attached hydrogens (tertiary/aromatic N) is 1. The number of imidazole rings is 1. The minimum atomic E-state index is -1.02. The smallest absolute Gasteiger partial charge is 0.338 e. The highest BCUT2D eigenvalue weighted by molar-refractivity contribution is 5.98. The van der Waals surface area contributed by atoms with E-state index in [4.69, 9.17) is 9.47 Å². The third kappa shape index (κ3) is 4.43. The van der Waals surface area contributed by atoms with Gasteiger partial charge in [-0.25, -0.2) is 9.59 Å². The molecule has 0 radical (unpaired) electrons. The number of aromatic nitrogens is 2. The molecule has 0 saturated carbocycles. The van der Waals surface area contributed by atoms with E-state index in [2.05, 4.69) is 10.3 Å². The molecule has 0 bridgehead atoms. The molecule has 1 heterocycles. The number of esters is 1. The Labute approximate surface area is 173 Å². The molecule has 8 nitrogen and oxygen atoms in total. The van der Waals surface area contributed by atoms with Gasteiger partial charge in [0.2, 0.25) is 0 Å². The Kier molecular flexibility index (Phi) is 6.06. The van der Waals surface area contributed by atoms with Crippen molar-refractivity contribution in [2.45, 2.75) is 26.9 Å². The van der Waals surface area contributed by atoms with Crippen LogP contribution in [0.5, 0.6) is 5.75 Å². The van der Waals surface area contributed by atoms with E-state index >= 15 is 0 Å². The second-order valence-corrected chi connectivity index (χ2v) is 6.86. The van der Waals surface area contributed by atoms with Gasteiger partial charge in [0, 0.05) is 11.9 Å². The molecule has 1 atom stereocenters. The van der Waals surface area contributed by atoms with Crippen LogP contribution in [0, 0.1) is 13.8 Å². The van der Waals surface area contributed by atoms with Gasteiger partial charge in [0.05, 0.1) is 24.0 Å². The number of H-pyrrole nitrogens is 1. The first-order valence-corrected chi connectivity index (χ1v) is 9.34. The molecule has 1 amide bonds. The van der Waals surface area contributed by atoms with Gasteiger partial charge >= 0.3 is 11.7 Å². The predicted octanol–water partition coefficient (Wildman–Crippen LogP) is 2.98. The van der Waals surface area contributed by atoms with E-state index in [-0.39, 0.29) is 11.3 Å². The van der Waals surface area contributed by atoms with Crippen LogP contribution in [0.25, 0.3) is 5.69 Å². The molecule has 1 unspecified atom stereocenters. The molecule has 3 rings (SSSR count). The maximum atomic E-state index is 12.5. The Morgan fingerprint density at radius 2 is 1.80 bits per heavy atom. The summed E-state index contributed by atoms with van der Waals surface area (Å²) >= 11 is 0. The second-order valence-electron chi connectivity index (χ2n) is 6.86. The predicted molar refractivity (Wildman–Crippen MR) is 112 cm³/mol. The average molecular weight is 409 g/mol. The van der Waals surface area contributed by atoms with E-state index in [1.807, 2.05) is 13.0 Å². The normalized spacial score (nSPS) is 11.6. The highest BCUT2D eigenvalue weighted by atomic mass is 16.5. The fourth-order valence-electron chi connectivity index (χ4n) is 2.96. The lowest BCUT2D eigenvalue weighted by Crippen LogP contribution is -2.30. The van der Waals surface area contributed by atoms with Gasteiger partial charge in [0.1, 0.15) is 5.75 Å². The fraction of sp³-hybridized carbons (Fsp3) is 0.227. The Balaban J connectivity index is 1.67. The Morgan fingerprint density at radius 1 is 1.10 bits per heavy atom. The van der Waals surface area contributed by atoms with Crippen molar-refractivity contribution in [1.82, 2.24) is 9.55 Å². The lowest BCUT2D eigenvalue weighted by Gasteiger charge is -2.16. The number of aromatic amines is 1. The highest BCUT2D eigenvalue weighted by Gasteiger charge is 2.20. The van der Waals surface area contributed by atoms with Crippen molar-refractivity contribution >= 4 is 17.6 Å². The minimum absolute atomic E-state index is 0.264. The summed E-state index contributed by atoms with van der Waals surface area (Å²) in [7, 11) is 1.51. The van der Waals surface area contributed by atoms with Gasteiger partial charge < -0.3 is 19.8 Å². The van der Waals surface area contributed by atoms with Crippen molar-refractivity contribution in [3.05, 3.63) is 76.0 Å². The van der Waals surface area contributed by atoms with Gasteiger partial charge in [-0.1, -0.05) is 6.07 Å². The highest BCUT2D eigenvalue weighted by Crippen LogP contribution is 2.25. The summed E-state index contributed by atoms with van der Waals surface area (Å²) in [6.07, 6.45) is 0.588. The summed E-state index contributed by atoms with van der Waals surface area (Å²) in [5.74, 6) is -0.602. The third-order valence-corrected chi connectivity index (χ3v) is 4.59. The Morgan fingerprint density at radius 3 is 2.40 bits per heavy atom. The van der Waals surface area contributed by atoms with Gasteiger partial charge in [-0.15, -0.1) is 0 Å². The monoisotopic (exact) mass is 409 g/mol. The van der Waals surface area contributed by atoms with Gasteiger partial charge in [0.15, 0.2) is 6.10 Å². The number of amides is 1. The first-order valence-electron chi connectivity index (χ1n) is 9.34. The summed E-state index contributed by atoms with van der Waals surface area (Å²) in [6, 6.07) is 11.8. The molecule has 2 aromatic carbocycles. The number of ether oxygens (including phenoxy) is 2. The summed E-state index contributed by atoms with van der Waals surface area (Å²) in [6.45, 7) is 5.18. The van der Waals surface area contributed by atoms with Gasteiger partial charge in [-0.3, -0.25) is 9.36 Å². The van der Waals surface area contributed by atoms with Crippen molar-refractivity contribution in [2.24, 2.45) is 0 Å². The quantitative estimate of drug-likeness (QED) is 0.610. The number of benzene rings is 2. The van der Waals surface area contributed by atoms with Crippen LogP contribution >= 0.6 is 0 Å². The van der Waals surface area contributed by atoms with E-state index < -0.39 is 18.0 Å². The first kappa shape index (κ1) is 20.9. The number of rotatable bonds is 6. The maximum Gasteiger partial charge on any atom is 0.338 e. The molecule has 8 heteroatoms. The minimum Gasteiger partial charge on any atom is -0.495 e. The van der Waals surface area contributed by atoms with E-state index in [9.17, 15) is 14.4 Å². The topological polar surface area (TPSA) is 102 Å². The van der Waals surface area contributed by atoms with Crippen LogP contribution in [0.1, 0.15) is 28.5 Å². The summed E-state index contributed by atoms with van der Waals surface area (Å²) in [5, 5.41) is 2.72. The van der Waals surface area contributed by atoms with Crippen LogP contribution in [-0.2, 0) is 9.53 Å². The number of nitrogens with one attached hydrogen (secondary N) is 2. The van der Waals surface area contributed by atoms with Crippen LogP contribution < -0.4 is 15.7 Å². The van der Waals surface area contributed by atoms with Crippen molar-refractivity contribution in [2.75, 3.05) is 12.4 Å². The fourth-order valence-corrected chi connectivity index (χ4v) is 2.96. The number of hydrogen-bond acceptors (Lipinski definition) is 5. The summed E-state index contributed by atoms with van der Waals surface area (Å²) in [5.41, 5.74) is 2.82. The molecule has 156 valence electrons. The van der Waals surface area contributed by atoms with Crippen LogP contribution in [0.3, 0.4) is 0 Å². The molecule has 0 fully saturated rings. The largest absolute Gasteiger partial charge is 0.495 e. The second kappa shape index (κ2) is 8.69. The zero-order valence-electron chi connectivity index (χ0n) is 17.2. The molecule has 0 aliphatic heterocycles. The molecular formula is C22H23N3O5. The van der Waals surface area contributed by atoms with Crippen molar-refractivity contribution < 1.29 is 19.1 Å². The zero-order chi connectivity index (χ0) is 21.8. The number of methoxy groups -OCH3 is 1. The van der Waals surface area contributed by atoms with Gasteiger partial charge in [0.25, 0.3) is 5.91 Å². The van der Waals surface area contributed by atoms with Gasteiger partial charge in [-0.2, -0.15) is 0 Å². The number of carbonyl (C=O) groups is 2. The van der Waals surface area contributed by atoms with E-state index in [1.165, 1.54) is 18.6 Å². The summed E-state index contributed by atoms with van der Waals surface area (Å²) < 4.78 is 12.0. The third-order valence-electron chi connectivity index (χ3n) is 4.59. The van der Waals surface area contributed by atoms with Crippen molar-refractivity contribution in [3.8, 4) is 11.4 Å². The van der Waals surface area contributed by atoms with Crippen LogP contribution in [0.4, 0.5) is 5.69 Å². The number of anilines is 1. The van der Waals surface area contributed by atoms with Crippen molar-refractivity contribution in [3.63, 3.8) is 0 Å². The molecule has 30 heavy (non-hydrogen) atoms. The molecule has 3 aromatic rings. The summed E-state index contributed by atoms with van der Waals surface area (Å²) in [4.78, 5) is 39.3. The Hall–Kier alpha value is -3.81. The van der Waals surface area contributed by atoms with Crippen LogP contribution in [0.2, 0.25) is 0 Å². The van der Waals surface area contributed by atoms with Crippen LogP contribution in [0.15, 0.2) is 53.5 Å². The molecular weight excluding hydrogens is 386 g/mol. The molecule has 0 spiro atoms. The average Bonchev–Trinajstić information content (AvgIpc) is 3.06. The standard InChI is InChI=1S/C22H23N3O5/c1-13-5-10-19(29-4)18(11-13)24-20(26)15(3)30-21(27)16-6-8-17(9-7-16)25-14(2)12-23-22(25)28/h5-12,15H,1-4H3,(H,23,28)(H,24,26). The van der Waals surface area contributed by atoms with E-state index in [0.29, 0.717) is 17.1 Å². The van der Waals surface area contributed by atoms with E-state index in [1.54, 1.807) is 49.5 Å². The maximum absolute atomic E-state index is 12.5. The first-order chi connectivity index (χ1) is 14.3. The number of hydrogen-bond donors (Lipinski definition) is 2. The van der Waals surface area contributed by atoms with Gasteiger partial charge in [-0.05, 0) is 62.7 Å². The lowest BCUT2D eigenvalue weighted by molar-refractivity contribution is -0.123. The number of carbonyl (C=O) groups excluding carboxylic acids is 2. The molecule has 1 aromatic heterocycles. The molecule has 2 N–H and O–H groups in total. The van der Waals surface area contributed by atoms with E-state index in [0.717, 1.165) is 11.3 Å². The van der Waals surface area contributed by atoms with Crippen molar-refractivity contribution in [1.29, 1.82) is 0 Å². The van der Waals surface area contributed by atoms with Crippen LogP contribution in [-0.4, -0.2) is 34.6 Å².